The molecule has 0 unspecified atom stereocenters. The van der Waals surface area contributed by atoms with Crippen molar-refractivity contribution >= 4 is 21.5 Å². The predicted octanol–water partition coefficient (Wildman–Crippen LogP) is 3.07. The van der Waals surface area contributed by atoms with Crippen LogP contribution in [0.5, 0.6) is 0 Å². The molecule has 0 nitrogen and oxygen atoms in total. The molecule has 0 heterocycles. The van der Waals surface area contributed by atoms with Crippen LogP contribution in [0.1, 0.15) is 11.1 Å². The third-order valence-corrected chi connectivity index (χ3v) is 5.96. The third-order valence-electron chi connectivity index (χ3n) is 5.96. The quantitative estimate of drug-likeness (QED) is 0.239. The van der Waals surface area contributed by atoms with Crippen molar-refractivity contribution in [1.29, 1.82) is 0 Å². The van der Waals surface area contributed by atoms with E-state index in [9.17, 15) is 0 Å². The summed E-state index contributed by atoms with van der Waals surface area (Å²) in [6, 6.07) is 43.1. The normalized spacial score (nSPS) is 9.89. The van der Waals surface area contributed by atoms with E-state index >= 15 is 0 Å². The van der Waals surface area contributed by atoms with Crippen LogP contribution in [0.15, 0.2) is 121 Å². The minimum atomic E-state index is 0. The number of hydrogen-bond acceptors (Lipinski definition) is 0. The second-order valence-corrected chi connectivity index (χ2v) is 8.41. The Morgan fingerprint density at radius 3 is 1.20 bits per heavy atom. The fraction of sp³-hybridized carbons (Fsp3) is 0.0625. The Labute approximate surface area is 235 Å². The molecule has 0 aromatic heterocycles. The zero-order chi connectivity index (χ0) is 21.9. The summed E-state index contributed by atoms with van der Waals surface area (Å²) in [5.74, 6) is 0. The Balaban J connectivity index is 0.000000227. The van der Waals surface area contributed by atoms with E-state index in [4.69, 9.17) is 0 Å². The van der Waals surface area contributed by atoms with Gasteiger partial charge in [0.2, 0.25) is 0 Å². The minimum absolute atomic E-state index is 0. The van der Waals surface area contributed by atoms with E-state index in [2.05, 4.69) is 135 Å². The van der Waals surface area contributed by atoms with Gasteiger partial charge in [0.25, 0.3) is 0 Å². The van der Waals surface area contributed by atoms with Crippen molar-refractivity contribution in [3.63, 3.8) is 0 Å². The molecule has 6 aromatic carbocycles. The van der Waals surface area contributed by atoms with Crippen molar-refractivity contribution in [1.82, 2.24) is 0 Å². The number of benzene rings is 4. The van der Waals surface area contributed by atoms with Gasteiger partial charge in [0.1, 0.15) is 0 Å². The minimum Gasteiger partial charge on any atom is -1.00 e. The number of rotatable bonds is 2. The van der Waals surface area contributed by atoms with Crippen LogP contribution in [0, 0.1) is 13.8 Å². The van der Waals surface area contributed by atoms with Crippen LogP contribution < -0.4 is 24.8 Å². The smallest absolute Gasteiger partial charge is 1.00 e. The van der Waals surface area contributed by atoms with Gasteiger partial charge >= 0.3 is 21.7 Å². The first-order valence-corrected chi connectivity index (χ1v) is 11.1. The molecule has 0 saturated carbocycles. The maximum absolute atomic E-state index is 2.26. The van der Waals surface area contributed by atoms with Gasteiger partial charge in [-0.25, -0.2) is 0 Å². The number of halogens is 2. The molecule has 6 rings (SSSR count). The Morgan fingerprint density at radius 2 is 0.829 bits per heavy atom. The van der Waals surface area contributed by atoms with Crippen LogP contribution in [0.3, 0.4) is 0 Å². The summed E-state index contributed by atoms with van der Waals surface area (Å²) >= 11 is 0. The number of hydrogen-bond donors (Lipinski definition) is 0. The van der Waals surface area contributed by atoms with E-state index in [1.807, 2.05) is 0 Å². The first-order chi connectivity index (χ1) is 15.7. The van der Waals surface area contributed by atoms with Crippen LogP contribution in [-0.4, -0.2) is 0 Å². The molecule has 0 aliphatic heterocycles. The Hall–Kier alpha value is -2.61. The molecule has 0 atom stereocenters. The summed E-state index contributed by atoms with van der Waals surface area (Å²) < 4.78 is 0. The van der Waals surface area contributed by atoms with E-state index in [0.717, 1.165) is 0 Å². The molecule has 172 valence electrons. The molecule has 0 saturated heterocycles. The van der Waals surface area contributed by atoms with Gasteiger partial charge in [0.05, 0.1) is 0 Å². The summed E-state index contributed by atoms with van der Waals surface area (Å²) in [6.07, 6.45) is 0. The fourth-order valence-electron chi connectivity index (χ4n) is 4.51. The van der Waals surface area contributed by atoms with Crippen LogP contribution in [-0.2, 0) is 21.7 Å². The largest absolute Gasteiger partial charge is 4.00 e. The number of aryl methyl sites for hydroxylation is 2. The van der Waals surface area contributed by atoms with Gasteiger partial charge in [-0.1, -0.05) is 97.8 Å². The second-order valence-electron chi connectivity index (χ2n) is 8.41. The summed E-state index contributed by atoms with van der Waals surface area (Å²) in [5.41, 5.74) is 7.89. The van der Waals surface area contributed by atoms with Gasteiger partial charge in [-0.3, -0.25) is 0 Å². The van der Waals surface area contributed by atoms with Gasteiger partial charge in [-0.15, -0.1) is 69.1 Å². The molecule has 0 aliphatic rings. The molecule has 0 N–H and O–H groups in total. The zero-order valence-corrected chi connectivity index (χ0v) is 22.9. The Morgan fingerprint density at radius 1 is 0.457 bits per heavy atom. The summed E-state index contributed by atoms with van der Waals surface area (Å²) in [7, 11) is 0. The SMILES string of the molecule is Cc1cc2c(-c3ccccc3)cccc2[cH-]1.Cc1cc2c(-c3ccccc3)cccc2[cH-]1.[Cl-].[Cl-].[Ti+4]. The zero-order valence-electron chi connectivity index (χ0n) is 19.8. The molecule has 0 aliphatic carbocycles. The maximum Gasteiger partial charge on any atom is 4.00 e. The monoisotopic (exact) mass is 528 g/mol. The second kappa shape index (κ2) is 12.9. The molecule has 0 radical (unpaired) electrons. The molecule has 0 fully saturated rings. The Kier molecular flexibility index (Phi) is 10.6. The van der Waals surface area contributed by atoms with Crippen LogP contribution in [0.4, 0.5) is 0 Å². The van der Waals surface area contributed by atoms with Gasteiger partial charge in [-0.2, -0.15) is 12.1 Å². The van der Waals surface area contributed by atoms with Crippen LogP contribution in [0.2, 0.25) is 0 Å². The van der Waals surface area contributed by atoms with Crippen LogP contribution >= 0.6 is 0 Å². The first kappa shape index (κ1) is 28.6. The fourth-order valence-corrected chi connectivity index (χ4v) is 4.51. The van der Waals surface area contributed by atoms with E-state index < -0.39 is 0 Å². The molecule has 0 spiro atoms. The molecule has 3 heteroatoms. The predicted molar refractivity (Wildman–Crippen MR) is 139 cm³/mol. The first-order valence-electron chi connectivity index (χ1n) is 11.1. The third kappa shape index (κ3) is 6.34. The molecule has 0 amide bonds. The standard InChI is InChI=1S/2C16H13.2ClH.Ti/c2*1-12-10-14-8-5-9-15(16(14)11-12)13-6-3-2-4-7-13;;;/h2*2-11H,1H3;2*1H;/q2*-1;;;+4/p-2. The average Bonchev–Trinajstić information content (AvgIpc) is 3.41. The van der Waals surface area contributed by atoms with Crippen molar-refractivity contribution < 1.29 is 46.5 Å². The van der Waals surface area contributed by atoms with E-state index in [-0.39, 0.29) is 46.5 Å². The average molecular weight is 529 g/mol. The molecule has 35 heavy (non-hydrogen) atoms. The molecule has 6 aromatic rings. The van der Waals surface area contributed by atoms with E-state index in [1.54, 1.807) is 0 Å². The van der Waals surface area contributed by atoms with Crippen molar-refractivity contribution in [2.45, 2.75) is 13.8 Å². The van der Waals surface area contributed by atoms with E-state index in [0.29, 0.717) is 0 Å². The van der Waals surface area contributed by atoms with Crippen molar-refractivity contribution in [3.8, 4) is 22.3 Å². The maximum atomic E-state index is 2.26. The molecular weight excluding hydrogens is 503 g/mol. The van der Waals surface area contributed by atoms with Gasteiger partial charge in [0.15, 0.2) is 0 Å². The van der Waals surface area contributed by atoms with Gasteiger partial charge < -0.3 is 24.8 Å². The van der Waals surface area contributed by atoms with Crippen molar-refractivity contribution in [2.75, 3.05) is 0 Å². The van der Waals surface area contributed by atoms with Gasteiger partial charge in [-0.05, 0) is 11.1 Å². The summed E-state index contributed by atoms with van der Waals surface area (Å²) in [5, 5.41) is 5.37. The van der Waals surface area contributed by atoms with Crippen molar-refractivity contribution in [2.24, 2.45) is 0 Å². The Bertz CT molecular complexity index is 1360. The summed E-state index contributed by atoms with van der Waals surface area (Å²) in [6.45, 7) is 4.30. The van der Waals surface area contributed by atoms with E-state index in [1.165, 1.54) is 54.9 Å². The molecule has 0 bridgehead atoms. The topological polar surface area (TPSA) is 0 Å². The number of fused-ring (bicyclic) bond motifs is 2. The van der Waals surface area contributed by atoms with Gasteiger partial charge in [0, 0.05) is 0 Å². The van der Waals surface area contributed by atoms with Crippen LogP contribution in [0.25, 0.3) is 43.8 Å². The van der Waals surface area contributed by atoms with Crippen molar-refractivity contribution in [3.05, 3.63) is 132 Å². The summed E-state index contributed by atoms with van der Waals surface area (Å²) in [4.78, 5) is 0. The molecular formula is C32H26Cl2Ti.